The molecule has 0 saturated heterocycles. The molecule has 0 unspecified atom stereocenters. The molecule has 0 radical (unpaired) electrons. The lowest BCUT2D eigenvalue weighted by Crippen LogP contribution is -2.25. The lowest BCUT2D eigenvalue weighted by Gasteiger charge is -2.14. The number of rotatable bonds is 7. The van der Waals surface area contributed by atoms with Crippen molar-refractivity contribution in [3.63, 3.8) is 0 Å². The first-order valence-corrected chi connectivity index (χ1v) is 9.56. The van der Waals surface area contributed by atoms with E-state index in [9.17, 15) is 38.2 Å². The van der Waals surface area contributed by atoms with Crippen molar-refractivity contribution in [3.05, 3.63) is 72.5 Å². The Hall–Kier alpha value is -3.52. The number of halogens is 3. The van der Waals surface area contributed by atoms with E-state index in [-0.39, 0.29) is 41.3 Å². The predicted molar refractivity (Wildman–Crippen MR) is 107 cm³/mol. The van der Waals surface area contributed by atoms with Gasteiger partial charge in [0.2, 0.25) is 0 Å². The van der Waals surface area contributed by atoms with Crippen LogP contribution in [0.15, 0.2) is 51.2 Å². The van der Waals surface area contributed by atoms with Crippen LogP contribution >= 0.6 is 11.8 Å². The molecule has 0 aliphatic rings. The topological polar surface area (TPSA) is 130 Å². The fourth-order valence-electron chi connectivity index (χ4n) is 2.83. The summed E-state index contributed by atoms with van der Waals surface area (Å²) in [6.07, 6.45) is -5.04. The minimum absolute atomic E-state index is 0.0439. The van der Waals surface area contributed by atoms with E-state index in [1.54, 1.807) is 12.1 Å². The van der Waals surface area contributed by atoms with Gasteiger partial charge in [-0.3, -0.25) is 29.6 Å². The van der Waals surface area contributed by atoms with Crippen molar-refractivity contribution in [1.82, 2.24) is 9.55 Å². The number of nitro groups is 2. The highest BCUT2D eigenvalue weighted by molar-refractivity contribution is 7.99. The number of benzene rings is 2. The summed E-state index contributed by atoms with van der Waals surface area (Å²) in [5.41, 5.74) is -4.11. The molecule has 0 amide bonds. The van der Waals surface area contributed by atoms with Gasteiger partial charge in [-0.2, -0.15) is 13.2 Å². The van der Waals surface area contributed by atoms with Crippen LogP contribution in [0.4, 0.5) is 24.5 Å². The molecule has 0 N–H and O–H groups in total. The van der Waals surface area contributed by atoms with Crippen molar-refractivity contribution in [2.75, 3.05) is 13.7 Å². The van der Waals surface area contributed by atoms with Crippen LogP contribution in [0.25, 0.3) is 10.9 Å². The number of hydrogen-bond donors (Lipinski definition) is 0. The smallest absolute Gasteiger partial charge is 0.383 e. The average molecular weight is 470 g/mol. The maximum absolute atomic E-state index is 13.1. The number of para-hydroxylation sites is 1. The molecule has 0 aliphatic heterocycles. The van der Waals surface area contributed by atoms with Crippen LogP contribution in [0.5, 0.6) is 0 Å². The number of methoxy groups -OCH3 is 1. The van der Waals surface area contributed by atoms with Crippen LogP contribution in [0.3, 0.4) is 0 Å². The quantitative estimate of drug-likeness (QED) is 0.287. The van der Waals surface area contributed by atoms with E-state index in [0.717, 1.165) is 4.57 Å². The molecule has 3 aromatic rings. The highest BCUT2D eigenvalue weighted by Crippen LogP contribution is 2.44. The molecule has 0 bridgehead atoms. The summed E-state index contributed by atoms with van der Waals surface area (Å²) in [5.74, 6) is 0. The van der Waals surface area contributed by atoms with Crippen LogP contribution < -0.4 is 5.56 Å². The largest absolute Gasteiger partial charge is 0.416 e. The number of fused-ring (bicyclic) bond motifs is 1. The molecule has 1 heterocycles. The molecule has 0 fully saturated rings. The molecule has 0 aliphatic carbocycles. The maximum Gasteiger partial charge on any atom is 0.416 e. The normalized spacial score (nSPS) is 11.6. The zero-order valence-electron chi connectivity index (χ0n) is 16.2. The number of nitro benzene ring substituents is 2. The average Bonchev–Trinajstić information content (AvgIpc) is 2.72. The summed E-state index contributed by atoms with van der Waals surface area (Å²) < 4.78 is 45.5. The molecule has 3 rings (SSSR count). The minimum atomic E-state index is -5.04. The van der Waals surface area contributed by atoms with Crippen LogP contribution in [0.1, 0.15) is 5.56 Å². The van der Waals surface area contributed by atoms with Crippen molar-refractivity contribution in [1.29, 1.82) is 0 Å². The fourth-order valence-corrected chi connectivity index (χ4v) is 3.92. The monoisotopic (exact) mass is 470 g/mol. The minimum Gasteiger partial charge on any atom is -0.383 e. The molecule has 14 heteroatoms. The second-order valence-corrected chi connectivity index (χ2v) is 7.30. The van der Waals surface area contributed by atoms with Gasteiger partial charge in [0.05, 0.1) is 39.5 Å². The standard InChI is InChI=1S/C18H13F3N4O6S/c1-31-7-6-23-16(26)11-4-2-3-5-12(11)22-17(23)32-15-13(24(27)28)8-10(18(19,20)21)9-14(15)25(29)30/h2-5,8-9H,6-7H2,1H3. The van der Waals surface area contributed by atoms with Gasteiger partial charge in [-0.25, -0.2) is 4.98 Å². The van der Waals surface area contributed by atoms with Crippen LogP contribution in [-0.2, 0) is 17.5 Å². The van der Waals surface area contributed by atoms with E-state index in [1.807, 2.05) is 0 Å². The molecule has 0 saturated carbocycles. The zero-order valence-corrected chi connectivity index (χ0v) is 17.0. The molecule has 168 valence electrons. The van der Waals surface area contributed by atoms with Crippen LogP contribution in [0, 0.1) is 20.2 Å². The van der Waals surface area contributed by atoms with Crippen LogP contribution in [0.2, 0.25) is 0 Å². The summed E-state index contributed by atoms with van der Waals surface area (Å²) in [6.45, 7) is 0.00240. The molecule has 0 atom stereocenters. The van der Waals surface area contributed by atoms with Gasteiger partial charge >= 0.3 is 6.18 Å². The Morgan fingerprint density at radius 3 is 2.25 bits per heavy atom. The number of hydrogen-bond acceptors (Lipinski definition) is 8. The first kappa shape index (κ1) is 23.1. The Kier molecular flexibility index (Phi) is 6.45. The predicted octanol–water partition coefficient (Wildman–Crippen LogP) is 4.03. The molecule has 0 spiro atoms. The van der Waals surface area contributed by atoms with Gasteiger partial charge in [-0.1, -0.05) is 12.1 Å². The number of ether oxygens (including phenoxy) is 1. The summed E-state index contributed by atoms with van der Waals surface area (Å²) in [6, 6.07) is 6.63. The van der Waals surface area contributed by atoms with E-state index in [2.05, 4.69) is 4.98 Å². The Morgan fingerprint density at radius 1 is 1.12 bits per heavy atom. The summed E-state index contributed by atoms with van der Waals surface area (Å²) >= 11 is 0.369. The lowest BCUT2D eigenvalue weighted by atomic mass is 10.1. The molecule has 10 nitrogen and oxygen atoms in total. The van der Waals surface area contributed by atoms with Gasteiger partial charge in [0.15, 0.2) is 10.1 Å². The van der Waals surface area contributed by atoms with E-state index in [4.69, 9.17) is 4.74 Å². The SMILES string of the molecule is COCCn1c(Sc2c([N+](=O)[O-])cc(C(F)(F)F)cc2[N+](=O)[O-])nc2ccccc2c1=O. The zero-order chi connectivity index (χ0) is 23.6. The number of aromatic nitrogens is 2. The van der Waals surface area contributed by atoms with Gasteiger partial charge in [0.25, 0.3) is 16.9 Å². The first-order valence-electron chi connectivity index (χ1n) is 8.75. The summed E-state index contributed by atoms with van der Waals surface area (Å²) in [5, 5.41) is 23.0. The fraction of sp³-hybridized carbons (Fsp3) is 0.222. The Bertz CT molecular complexity index is 1240. The lowest BCUT2D eigenvalue weighted by molar-refractivity contribution is -0.400. The number of nitrogens with zero attached hydrogens (tertiary/aromatic N) is 4. The van der Waals surface area contributed by atoms with Gasteiger partial charge in [0.1, 0.15) is 0 Å². The van der Waals surface area contributed by atoms with Gasteiger partial charge in [0, 0.05) is 19.2 Å². The third kappa shape index (κ3) is 4.55. The van der Waals surface area contributed by atoms with E-state index in [1.165, 1.54) is 19.2 Å². The van der Waals surface area contributed by atoms with Gasteiger partial charge < -0.3 is 4.74 Å². The van der Waals surface area contributed by atoms with Crippen LogP contribution in [-0.4, -0.2) is 33.1 Å². The van der Waals surface area contributed by atoms with Crippen molar-refractivity contribution < 1.29 is 27.8 Å². The van der Waals surface area contributed by atoms with Crippen molar-refractivity contribution in [2.24, 2.45) is 0 Å². The van der Waals surface area contributed by atoms with E-state index < -0.39 is 43.4 Å². The van der Waals surface area contributed by atoms with Gasteiger partial charge in [-0.15, -0.1) is 0 Å². The van der Waals surface area contributed by atoms with Crippen molar-refractivity contribution >= 4 is 34.0 Å². The van der Waals surface area contributed by atoms with Gasteiger partial charge in [-0.05, 0) is 23.9 Å². The third-order valence-corrected chi connectivity index (χ3v) is 5.43. The molecule has 1 aromatic heterocycles. The maximum atomic E-state index is 13.1. The highest BCUT2D eigenvalue weighted by Gasteiger charge is 2.38. The third-order valence-electron chi connectivity index (χ3n) is 4.31. The molecular formula is C18H13F3N4O6S. The first-order chi connectivity index (χ1) is 15.0. The van der Waals surface area contributed by atoms with E-state index >= 15 is 0 Å². The van der Waals surface area contributed by atoms with Crippen molar-refractivity contribution in [2.45, 2.75) is 22.8 Å². The second-order valence-electron chi connectivity index (χ2n) is 6.32. The van der Waals surface area contributed by atoms with E-state index in [0.29, 0.717) is 11.8 Å². The Labute approximate surface area is 180 Å². The summed E-state index contributed by atoms with van der Waals surface area (Å²) in [4.78, 5) is 37.2. The highest BCUT2D eigenvalue weighted by atomic mass is 32.2. The second kappa shape index (κ2) is 8.92. The molecular weight excluding hydrogens is 457 g/mol. The Balaban J connectivity index is 2.29. The molecule has 32 heavy (non-hydrogen) atoms. The van der Waals surface area contributed by atoms with Crippen molar-refractivity contribution in [3.8, 4) is 0 Å². The Morgan fingerprint density at radius 2 is 1.72 bits per heavy atom. The number of alkyl halides is 3. The summed E-state index contributed by atoms with van der Waals surface area (Å²) in [7, 11) is 1.37. The molecule has 2 aromatic carbocycles.